The molecule has 3 heterocycles. The summed E-state index contributed by atoms with van der Waals surface area (Å²) in [6.45, 7) is 3.54. The van der Waals surface area contributed by atoms with Gasteiger partial charge >= 0.3 is 5.69 Å². The van der Waals surface area contributed by atoms with E-state index in [1.54, 1.807) is 0 Å². The van der Waals surface area contributed by atoms with E-state index in [4.69, 9.17) is 0 Å². The molecule has 2 aromatic heterocycles. The SMILES string of the molecule is CCN1CCc2c([nH]c3ccccc23)[C@@H]1c1c(O)n(C)c(=O)n(C)c1=O. The van der Waals surface area contributed by atoms with Gasteiger partial charge in [0.25, 0.3) is 5.56 Å². The van der Waals surface area contributed by atoms with E-state index in [-0.39, 0.29) is 11.4 Å². The smallest absolute Gasteiger partial charge is 0.333 e. The number of likely N-dealkylation sites (N-methyl/N-ethyl adjacent to an activating group) is 1. The summed E-state index contributed by atoms with van der Waals surface area (Å²) in [5.41, 5.74) is 2.36. The number of fused-ring (bicyclic) bond motifs is 3. The number of hydrogen-bond donors (Lipinski definition) is 2. The second-order valence-electron chi connectivity index (χ2n) is 6.79. The summed E-state index contributed by atoms with van der Waals surface area (Å²) in [6, 6.07) is 7.64. The molecule has 0 saturated heterocycles. The zero-order valence-electron chi connectivity index (χ0n) is 15.1. The van der Waals surface area contributed by atoms with Gasteiger partial charge < -0.3 is 10.1 Å². The van der Waals surface area contributed by atoms with Crippen molar-refractivity contribution < 1.29 is 5.11 Å². The number of para-hydroxylation sites is 1. The summed E-state index contributed by atoms with van der Waals surface area (Å²) in [5.74, 6) is -0.270. The van der Waals surface area contributed by atoms with Gasteiger partial charge in [0.1, 0.15) is 5.56 Å². The standard InChI is InChI=1S/C19H22N4O3/c1-4-23-10-9-12-11-7-5-6-8-13(11)20-15(12)16(23)14-17(24)21(2)19(26)22(3)18(14)25/h5-8,16,20,24H,4,9-10H2,1-3H3/t16-/m0/s1. The predicted molar refractivity (Wildman–Crippen MR) is 99.7 cm³/mol. The van der Waals surface area contributed by atoms with Gasteiger partial charge in [-0.15, -0.1) is 0 Å². The molecule has 1 atom stereocenters. The van der Waals surface area contributed by atoms with Gasteiger partial charge in [-0.25, -0.2) is 4.79 Å². The molecule has 1 aromatic carbocycles. The van der Waals surface area contributed by atoms with E-state index < -0.39 is 17.3 Å². The molecule has 3 aromatic rings. The number of aromatic hydroxyl groups is 1. The third-order valence-electron chi connectivity index (χ3n) is 5.48. The van der Waals surface area contributed by atoms with Crippen LogP contribution in [0.4, 0.5) is 0 Å². The molecule has 4 rings (SSSR count). The zero-order chi connectivity index (χ0) is 18.6. The molecule has 0 unspecified atom stereocenters. The third-order valence-corrected chi connectivity index (χ3v) is 5.48. The number of aromatic nitrogens is 3. The quantitative estimate of drug-likeness (QED) is 0.725. The summed E-state index contributed by atoms with van der Waals surface area (Å²) in [5, 5.41) is 11.8. The molecule has 0 radical (unpaired) electrons. The van der Waals surface area contributed by atoms with Crippen molar-refractivity contribution in [2.45, 2.75) is 19.4 Å². The molecule has 1 aliphatic heterocycles. The van der Waals surface area contributed by atoms with Crippen LogP contribution >= 0.6 is 0 Å². The van der Waals surface area contributed by atoms with Crippen LogP contribution in [0.15, 0.2) is 33.9 Å². The van der Waals surface area contributed by atoms with Crippen LogP contribution in [0.3, 0.4) is 0 Å². The molecule has 7 nitrogen and oxygen atoms in total. The summed E-state index contributed by atoms with van der Waals surface area (Å²) >= 11 is 0. The molecule has 0 spiro atoms. The van der Waals surface area contributed by atoms with Gasteiger partial charge in [-0.1, -0.05) is 25.1 Å². The van der Waals surface area contributed by atoms with E-state index in [0.29, 0.717) is 0 Å². The molecule has 136 valence electrons. The Hall–Kier alpha value is -2.80. The van der Waals surface area contributed by atoms with Crippen molar-refractivity contribution >= 4 is 10.9 Å². The average Bonchev–Trinajstić information content (AvgIpc) is 3.04. The Labute approximate surface area is 150 Å². The Morgan fingerprint density at radius 2 is 1.92 bits per heavy atom. The minimum atomic E-state index is -0.535. The highest BCUT2D eigenvalue weighted by Gasteiger charge is 2.35. The predicted octanol–water partition coefficient (Wildman–Crippen LogP) is 1.24. The normalized spacial score (nSPS) is 17.6. The average molecular weight is 354 g/mol. The van der Waals surface area contributed by atoms with E-state index in [9.17, 15) is 14.7 Å². The molecule has 0 saturated carbocycles. The highest BCUT2D eigenvalue weighted by molar-refractivity contribution is 5.85. The highest BCUT2D eigenvalue weighted by atomic mass is 16.3. The highest BCUT2D eigenvalue weighted by Crippen LogP contribution is 2.39. The number of benzene rings is 1. The number of rotatable bonds is 2. The first-order valence-electron chi connectivity index (χ1n) is 8.78. The first kappa shape index (κ1) is 16.7. The lowest BCUT2D eigenvalue weighted by atomic mass is 9.93. The monoisotopic (exact) mass is 354 g/mol. The van der Waals surface area contributed by atoms with Gasteiger partial charge in [0.05, 0.1) is 6.04 Å². The minimum absolute atomic E-state index is 0.240. The summed E-state index contributed by atoms with van der Waals surface area (Å²) < 4.78 is 2.18. The van der Waals surface area contributed by atoms with Crippen LogP contribution in [-0.4, -0.2) is 37.2 Å². The Bertz CT molecular complexity index is 1120. The number of H-pyrrole nitrogens is 1. The molecule has 2 N–H and O–H groups in total. The lowest BCUT2D eigenvalue weighted by Crippen LogP contribution is -2.44. The fourth-order valence-electron chi connectivity index (χ4n) is 4.06. The molecule has 1 aliphatic rings. The van der Waals surface area contributed by atoms with Gasteiger partial charge in [-0.05, 0) is 24.6 Å². The molecule has 0 fully saturated rings. The van der Waals surface area contributed by atoms with Crippen LogP contribution < -0.4 is 11.2 Å². The minimum Gasteiger partial charge on any atom is -0.494 e. The second kappa shape index (κ2) is 5.88. The fraction of sp³-hybridized carbons (Fsp3) is 0.368. The van der Waals surface area contributed by atoms with Crippen molar-refractivity contribution in [3.05, 3.63) is 61.9 Å². The second-order valence-corrected chi connectivity index (χ2v) is 6.79. The van der Waals surface area contributed by atoms with Crippen molar-refractivity contribution in [3.8, 4) is 5.88 Å². The molecular weight excluding hydrogens is 332 g/mol. The van der Waals surface area contributed by atoms with Crippen molar-refractivity contribution in [2.24, 2.45) is 14.1 Å². The Morgan fingerprint density at radius 1 is 1.19 bits per heavy atom. The topological polar surface area (TPSA) is 83.3 Å². The fourth-order valence-corrected chi connectivity index (χ4v) is 4.06. The number of hydrogen-bond acceptors (Lipinski definition) is 4. The largest absolute Gasteiger partial charge is 0.494 e. The van der Waals surface area contributed by atoms with Crippen LogP contribution in [-0.2, 0) is 20.5 Å². The van der Waals surface area contributed by atoms with E-state index in [1.807, 2.05) is 25.1 Å². The van der Waals surface area contributed by atoms with E-state index >= 15 is 0 Å². The zero-order valence-corrected chi connectivity index (χ0v) is 15.1. The van der Waals surface area contributed by atoms with Crippen LogP contribution in [0.2, 0.25) is 0 Å². The molecule has 0 aliphatic carbocycles. The Kier molecular flexibility index (Phi) is 3.77. The van der Waals surface area contributed by atoms with Crippen LogP contribution in [0.1, 0.15) is 29.8 Å². The van der Waals surface area contributed by atoms with E-state index in [2.05, 4.69) is 16.0 Å². The summed E-state index contributed by atoms with van der Waals surface area (Å²) in [6.07, 6.45) is 0.872. The van der Waals surface area contributed by atoms with Gasteiger partial charge in [-0.3, -0.25) is 18.8 Å². The van der Waals surface area contributed by atoms with Crippen molar-refractivity contribution in [1.82, 2.24) is 19.0 Å². The Balaban J connectivity index is 2.06. The number of nitrogens with zero attached hydrogens (tertiary/aromatic N) is 3. The van der Waals surface area contributed by atoms with Gasteiger partial charge in [0.15, 0.2) is 0 Å². The van der Waals surface area contributed by atoms with Gasteiger partial charge in [-0.2, -0.15) is 0 Å². The lowest BCUT2D eigenvalue weighted by molar-refractivity contribution is 0.214. The van der Waals surface area contributed by atoms with Gasteiger partial charge in [0, 0.05) is 37.2 Å². The maximum Gasteiger partial charge on any atom is 0.333 e. The first-order valence-corrected chi connectivity index (χ1v) is 8.78. The number of nitrogens with one attached hydrogen (secondary N) is 1. The molecule has 26 heavy (non-hydrogen) atoms. The summed E-state index contributed by atoms with van der Waals surface area (Å²) in [4.78, 5) is 30.6. The van der Waals surface area contributed by atoms with E-state index in [0.717, 1.165) is 45.2 Å². The van der Waals surface area contributed by atoms with Crippen LogP contribution in [0, 0.1) is 0 Å². The summed E-state index contributed by atoms with van der Waals surface area (Å²) in [7, 11) is 2.92. The van der Waals surface area contributed by atoms with Crippen molar-refractivity contribution in [1.29, 1.82) is 0 Å². The maximum absolute atomic E-state index is 12.9. The molecule has 0 amide bonds. The maximum atomic E-state index is 12.9. The van der Waals surface area contributed by atoms with E-state index in [1.165, 1.54) is 19.7 Å². The Morgan fingerprint density at radius 3 is 2.65 bits per heavy atom. The third kappa shape index (κ3) is 2.17. The lowest BCUT2D eigenvalue weighted by Gasteiger charge is -2.35. The molecule has 7 heteroatoms. The van der Waals surface area contributed by atoms with Crippen LogP contribution in [0.5, 0.6) is 5.88 Å². The van der Waals surface area contributed by atoms with Crippen molar-refractivity contribution in [2.75, 3.05) is 13.1 Å². The van der Waals surface area contributed by atoms with Gasteiger partial charge in [0.2, 0.25) is 5.88 Å². The van der Waals surface area contributed by atoms with Crippen LogP contribution in [0.25, 0.3) is 10.9 Å². The molecular formula is C19H22N4O3. The van der Waals surface area contributed by atoms with Crippen molar-refractivity contribution in [3.63, 3.8) is 0 Å². The first-order chi connectivity index (χ1) is 12.5. The number of aromatic amines is 1. The molecule has 0 bridgehead atoms.